The summed E-state index contributed by atoms with van der Waals surface area (Å²) in [7, 11) is 0. The van der Waals surface area contributed by atoms with Crippen molar-refractivity contribution in [1.29, 1.82) is 0 Å². The molecule has 5 rings (SSSR count). The molecule has 1 saturated carbocycles. The largest absolute Gasteiger partial charge is 0.478 e. The highest BCUT2D eigenvalue weighted by Gasteiger charge is 2.54. The van der Waals surface area contributed by atoms with Gasteiger partial charge in [0.2, 0.25) is 11.8 Å². The maximum Gasteiger partial charge on any atom is 0.319 e. The maximum absolute atomic E-state index is 5.85. The van der Waals surface area contributed by atoms with Crippen molar-refractivity contribution in [2.24, 2.45) is 0 Å². The molecule has 1 aliphatic carbocycles. The van der Waals surface area contributed by atoms with Crippen molar-refractivity contribution < 1.29 is 18.9 Å². The third-order valence-electron chi connectivity index (χ3n) is 7.13. The molecule has 0 aliphatic heterocycles. The second-order valence-corrected chi connectivity index (χ2v) is 9.48. The van der Waals surface area contributed by atoms with Crippen LogP contribution in [0.5, 0.6) is 23.8 Å². The topological polar surface area (TPSA) is 88.5 Å². The summed E-state index contributed by atoms with van der Waals surface area (Å²) in [6.07, 6.45) is 0. The van der Waals surface area contributed by atoms with Crippen LogP contribution in [-0.2, 0) is 0 Å². The Morgan fingerprint density at radius 3 is 1.20 bits per heavy atom. The second kappa shape index (κ2) is 12.8. The maximum atomic E-state index is 5.85. The van der Waals surface area contributed by atoms with Gasteiger partial charge in [0.1, 0.15) is 0 Å². The molecule has 0 amide bonds. The minimum atomic E-state index is 0.0114. The molecule has 0 radical (unpaired) electrons. The quantitative estimate of drug-likeness (QED) is 0.207. The van der Waals surface area contributed by atoms with Crippen molar-refractivity contribution in [3.8, 4) is 23.8 Å². The van der Waals surface area contributed by atoms with E-state index in [-0.39, 0.29) is 23.7 Å². The minimum absolute atomic E-state index is 0.0114. The molecule has 4 aromatic rings. The predicted octanol–water partition coefficient (Wildman–Crippen LogP) is 6.31. The number of hydrogen-bond acceptors (Lipinski definition) is 8. The van der Waals surface area contributed by atoms with Crippen LogP contribution in [-0.4, -0.2) is 46.4 Å². The first-order valence-corrected chi connectivity index (χ1v) is 14.1. The number of nitrogens with zero attached hydrogens (tertiary/aromatic N) is 4. The fourth-order valence-corrected chi connectivity index (χ4v) is 5.68. The molecule has 1 aliphatic rings. The van der Waals surface area contributed by atoms with Gasteiger partial charge >= 0.3 is 12.0 Å². The Bertz CT molecular complexity index is 1220. The van der Waals surface area contributed by atoms with E-state index in [2.05, 4.69) is 58.5 Å². The summed E-state index contributed by atoms with van der Waals surface area (Å²) in [5.74, 6) is 1.16. The van der Waals surface area contributed by atoms with Crippen LogP contribution < -0.4 is 18.9 Å². The van der Waals surface area contributed by atoms with Crippen LogP contribution in [0.25, 0.3) is 0 Å². The lowest BCUT2D eigenvalue weighted by Crippen LogP contribution is -2.41. The summed E-state index contributed by atoms with van der Waals surface area (Å²) in [5.41, 5.74) is 4.16. The van der Waals surface area contributed by atoms with E-state index >= 15 is 0 Å². The zero-order valence-electron chi connectivity index (χ0n) is 23.5. The van der Waals surface area contributed by atoms with E-state index in [1.165, 1.54) is 11.1 Å². The van der Waals surface area contributed by atoms with Crippen molar-refractivity contribution in [2.75, 3.05) is 26.4 Å². The number of aromatic nitrogens is 4. The summed E-state index contributed by atoms with van der Waals surface area (Å²) < 4.78 is 23.2. The van der Waals surface area contributed by atoms with Crippen LogP contribution >= 0.6 is 0 Å². The Balaban J connectivity index is 1.70. The van der Waals surface area contributed by atoms with E-state index in [0.717, 1.165) is 11.4 Å². The normalized spacial score (nSPS) is 19.9. The summed E-state index contributed by atoms with van der Waals surface area (Å²) in [6, 6.07) is 25.6. The van der Waals surface area contributed by atoms with Crippen molar-refractivity contribution in [3.05, 3.63) is 95.3 Å². The van der Waals surface area contributed by atoms with E-state index in [9.17, 15) is 0 Å². The summed E-state index contributed by atoms with van der Waals surface area (Å²) >= 11 is 0. The molecule has 208 valence electrons. The van der Waals surface area contributed by atoms with Crippen LogP contribution in [0.4, 0.5) is 0 Å². The van der Waals surface area contributed by atoms with Crippen molar-refractivity contribution in [2.45, 2.75) is 51.4 Å². The Morgan fingerprint density at radius 1 is 0.475 bits per heavy atom. The Hall–Kier alpha value is -4.20. The van der Waals surface area contributed by atoms with Crippen molar-refractivity contribution in [3.63, 3.8) is 0 Å². The van der Waals surface area contributed by atoms with Crippen LogP contribution in [0.2, 0.25) is 0 Å². The highest BCUT2D eigenvalue weighted by molar-refractivity contribution is 5.47. The van der Waals surface area contributed by atoms with Gasteiger partial charge in [-0.2, -0.15) is 19.9 Å². The Labute approximate surface area is 235 Å². The molecular formula is C32H36N4O4. The molecule has 0 unspecified atom stereocenters. The number of benzene rings is 2. The molecule has 0 atom stereocenters. The summed E-state index contributed by atoms with van der Waals surface area (Å²) in [5, 5.41) is 0. The molecule has 2 aromatic heterocycles. The minimum Gasteiger partial charge on any atom is -0.478 e. The van der Waals surface area contributed by atoms with Gasteiger partial charge in [0, 0.05) is 35.8 Å². The van der Waals surface area contributed by atoms with Gasteiger partial charge < -0.3 is 18.9 Å². The molecule has 0 spiro atoms. The van der Waals surface area contributed by atoms with Gasteiger partial charge in [-0.3, -0.25) is 0 Å². The lowest BCUT2D eigenvalue weighted by molar-refractivity contribution is 0.210. The molecule has 8 heteroatoms. The van der Waals surface area contributed by atoms with E-state index < -0.39 is 0 Å². The van der Waals surface area contributed by atoms with Gasteiger partial charge in [-0.05, 0) is 38.8 Å². The zero-order chi connectivity index (χ0) is 27.9. The van der Waals surface area contributed by atoms with E-state index in [1.54, 1.807) is 0 Å². The smallest absolute Gasteiger partial charge is 0.319 e. The van der Waals surface area contributed by atoms with Gasteiger partial charge in [-0.15, -0.1) is 0 Å². The first-order chi connectivity index (χ1) is 19.7. The van der Waals surface area contributed by atoms with Gasteiger partial charge in [-0.25, -0.2) is 0 Å². The lowest BCUT2D eigenvalue weighted by atomic mass is 9.50. The first-order valence-electron chi connectivity index (χ1n) is 14.1. The van der Waals surface area contributed by atoms with E-state index in [4.69, 9.17) is 28.9 Å². The van der Waals surface area contributed by atoms with Crippen LogP contribution in [0, 0.1) is 0 Å². The molecular weight excluding hydrogens is 504 g/mol. The summed E-state index contributed by atoms with van der Waals surface area (Å²) in [4.78, 5) is 18.8. The number of hydrogen-bond donors (Lipinski definition) is 0. The molecule has 1 fully saturated rings. The third-order valence-corrected chi connectivity index (χ3v) is 7.13. The highest BCUT2D eigenvalue weighted by atomic mass is 16.5. The predicted molar refractivity (Wildman–Crippen MR) is 153 cm³/mol. The second-order valence-electron chi connectivity index (χ2n) is 9.48. The molecule has 2 aromatic carbocycles. The standard InChI is InChI=1S/C32H36N4O4/c1-5-37-25-19-23(33-31(35-25)39-7-3)29-27(21-15-11-9-12-16-21)30(28(29)22-17-13-10-14-18-22)24-20-26(38-6-2)36-32(34-24)40-8-4/h9-20,27-30H,5-8H2,1-4H3/t27-,28-,29-,30+. The molecule has 0 bridgehead atoms. The van der Waals surface area contributed by atoms with Gasteiger partial charge in [0.25, 0.3) is 0 Å². The molecule has 0 N–H and O–H groups in total. The van der Waals surface area contributed by atoms with Gasteiger partial charge in [0.05, 0.1) is 37.8 Å². The van der Waals surface area contributed by atoms with Crippen LogP contribution in [0.3, 0.4) is 0 Å². The first kappa shape index (κ1) is 27.4. The fraction of sp³-hybridized carbons (Fsp3) is 0.375. The summed E-state index contributed by atoms with van der Waals surface area (Å²) in [6.45, 7) is 9.68. The molecule has 2 heterocycles. The van der Waals surface area contributed by atoms with Crippen molar-refractivity contribution in [1.82, 2.24) is 19.9 Å². The molecule has 40 heavy (non-hydrogen) atoms. The van der Waals surface area contributed by atoms with Gasteiger partial charge in [-0.1, -0.05) is 60.7 Å². The average Bonchev–Trinajstić information content (AvgIpc) is 2.94. The highest BCUT2D eigenvalue weighted by Crippen LogP contribution is 2.66. The monoisotopic (exact) mass is 540 g/mol. The fourth-order valence-electron chi connectivity index (χ4n) is 5.68. The third kappa shape index (κ3) is 5.71. The van der Waals surface area contributed by atoms with Crippen LogP contribution in [0.1, 0.15) is 73.9 Å². The van der Waals surface area contributed by atoms with Crippen LogP contribution in [0.15, 0.2) is 72.8 Å². The zero-order valence-corrected chi connectivity index (χ0v) is 23.5. The SMILES string of the molecule is CCOc1cc([C@H]2[C@H](c3ccccc3)[C@@H](c3cc(OCC)nc(OCC)n3)[C@H]2c2ccccc2)nc(OCC)n1. The molecule has 0 saturated heterocycles. The Morgan fingerprint density at radius 2 is 0.850 bits per heavy atom. The number of ether oxygens (including phenoxy) is 4. The average molecular weight is 541 g/mol. The lowest BCUT2D eigenvalue weighted by Gasteiger charge is -2.52. The Kier molecular flexibility index (Phi) is 8.74. The van der Waals surface area contributed by atoms with Gasteiger partial charge in [0.15, 0.2) is 0 Å². The van der Waals surface area contributed by atoms with E-state index in [1.807, 2.05) is 52.0 Å². The van der Waals surface area contributed by atoms with Crippen molar-refractivity contribution >= 4 is 0 Å². The molecule has 8 nitrogen and oxygen atoms in total. The number of rotatable bonds is 12. The van der Waals surface area contributed by atoms with E-state index in [0.29, 0.717) is 50.2 Å².